The summed E-state index contributed by atoms with van der Waals surface area (Å²) < 4.78 is 1.61. The second-order valence-electron chi connectivity index (χ2n) is 9.37. The van der Waals surface area contributed by atoms with Gasteiger partial charge in [-0.2, -0.15) is 4.98 Å². The van der Waals surface area contributed by atoms with E-state index in [0.717, 1.165) is 11.3 Å². The number of fused-ring (bicyclic) bond motifs is 1. The molecule has 1 atom stereocenters. The maximum atomic E-state index is 13.4. The zero-order valence-electron chi connectivity index (χ0n) is 18.9. The molecule has 0 fully saturated rings. The molecule has 8 nitrogen and oxygen atoms in total. The van der Waals surface area contributed by atoms with Crippen molar-refractivity contribution in [2.24, 2.45) is 5.41 Å². The zero-order valence-corrected chi connectivity index (χ0v) is 21.2. The minimum atomic E-state index is -0.723. The molecular formula is C24H21Cl2N5O3S. The summed E-state index contributed by atoms with van der Waals surface area (Å²) in [6.07, 6.45) is 0.987. The number of carbonyl (C=O) groups excluding carboxylic acids is 1. The van der Waals surface area contributed by atoms with Crippen LogP contribution in [0.2, 0.25) is 10.0 Å². The first-order valence-corrected chi connectivity index (χ1v) is 12.7. The van der Waals surface area contributed by atoms with E-state index < -0.39 is 11.0 Å². The average molecular weight is 530 g/mol. The lowest BCUT2D eigenvalue weighted by Crippen LogP contribution is -2.36. The first-order chi connectivity index (χ1) is 16.6. The molecule has 2 aliphatic rings. The van der Waals surface area contributed by atoms with E-state index in [4.69, 9.17) is 23.2 Å². The number of nitrogens with zero attached hydrogens (tertiary/aromatic N) is 4. The van der Waals surface area contributed by atoms with E-state index in [0.29, 0.717) is 50.9 Å². The lowest BCUT2D eigenvalue weighted by Gasteiger charge is -2.38. The fourth-order valence-electron chi connectivity index (χ4n) is 4.55. The molecule has 1 aliphatic carbocycles. The van der Waals surface area contributed by atoms with Gasteiger partial charge in [0.25, 0.3) is 5.69 Å². The highest BCUT2D eigenvalue weighted by molar-refractivity contribution is 7.98. The second kappa shape index (κ2) is 8.96. The zero-order chi connectivity index (χ0) is 24.9. The number of hydrogen-bond acceptors (Lipinski definition) is 7. The van der Waals surface area contributed by atoms with Crippen LogP contribution in [0, 0.1) is 15.5 Å². The molecule has 2 aromatic carbocycles. The normalized spacial score (nSPS) is 18.6. The van der Waals surface area contributed by atoms with Crippen molar-refractivity contribution in [3.8, 4) is 0 Å². The quantitative estimate of drug-likeness (QED) is 0.230. The number of nitro groups is 1. The number of anilines is 1. The van der Waals surface area contributed by atoms with Crippen LogP contribution in [-0.4, -0.2) is 25.5 Å². The summed E-state index contributed by atoms with van der Waals surface area (Å²) in [5.74, 6) is 0.982. The topological polar surface area (TPSA) is 103 Å². The summed E-state index contributed by atoms with van der Waals surface area (Å²) in [6, 6.07) is 11.1. The Morgan fingerprint density at radius 3 is 2.71 bits per heavy atom. The van der Waals surface area contributed by atoms with Gasteiger partial charge in [-0.3, -0.25) is 14.9 Å². The Labute approximate surface area is 215 Å². The van der Waals surface area contributed by atoms with Crippen molar-refractivity contribution in [1.82, 2.24) is 14.8 Å². The molecule has 0 radical (unpaired) electrons. The van der Waals surface area contributed by atoms with Gasteiger partial charge in [0.1, 0.15) is 6.04 Å². The average Bonchev–Trinajstić information content (AvgIpc) is 3.19. The molecule has 2 heterocycles. The number of rotatable bonds is 5. The van der Waals surface area contributed by atoms with Gasteiger partial charge < -0.3 is 5.32 Å². The van der Waals surface area contributed by atoms with Gasteiger partial charge in [-0.25, -0.2) is 4.68 Å². The van der Waals surface area contributed by atoms with E-state index in [1.165, 1.54) is 30.0 Å². The molecule has 1 aromatic heterocycles. The summed E-state index contributed by atoms with van der Waals surface area (Å²) in [5, 5.41) is 21.0. The monoisotopic (exact) mass is 529 g/mol. The molecule has 0 bridgehead atoms. The van der Waals surface area contributed by atoms with Gasteiger partial charge in [-0.1, -0.05) is 67.0 Å². The van der Waals surface area contributed by atoms with Crippen molar-refractivity contribution in [2.45, 2.75) is 43.6 Å². The fourth-order valence-corrected chi connectivity index (χ4v) is 5.89. The van der Waals surface area contributed by atoms with E-state index in [9.17, 15) is 14.9 Å². The number of Topliss-reactive ketones (excluding diaryl/α,β-unsaturated/α-hetero) is 1. The molecule has 1 unspecified atom stereocenters. The van der Waals surface area contributed by atoms with E-state index in [1.54, 1.807) is 4.68 Å². The lowest BCUT2D eigenvalue weighted by molar-refractivity contribution is -0.384. The smallest absolute Gasteiger partial charge is 0.269 e. The Morgan fingerprint density at radius 2 is 1.97 bits per heavy atom. The third kappa shape index (κ3) is 4.55. The SMILES string of the molecule is CC1(C)CC(=O)C2=C(C1)Nc1nc(SCc3ccccc3Cl)nn1C2c1cc([N+](=O)[O-])ccc1Cl. The Bertz CT molecular complexity index is 1400. The number of halogens is 2. The van der Waals surface area contributed by atoms with Crippen molar-refractivity contribution in [1.29, 1.82) is 0 Å². The minimum Gasteiger partial charge on any atom is -0.328 e. The Morgan fingerprint density at radius 1 is 1.20 bits per heavy atom. The number of nitro benzene ring substituents is 1. The van der Waals surface area contributed by atoms with Crippen LogP contribution in [0.3, 0.4) is 0 Å². The van der Waals surface area contributed by atoms with E-state index in [1.807, 2.05) is 38.1 Å². The van der Waals surface area contributed by atoms with Gasteiger partial charge in [-0.05, 0) is 29.5 Å². The molecule has 11 heteroatoms. The van der Waals surface area contributed by atoms with Crippen LogP contribution >= 0.6 is 35.0 Å². The van der Waals surface area contributed by atoms with Crippen LogP contribution < -0.4 is 5.32 Å². The van der Waals surface area contributed by atoms with Crippen molar-refractivity contribution >= 4 is 52.4 Å². The van der Waals surface area contributed by atoms with Gasteiger partial charge in [0, 0.05) is 51.2 Å². The molecule has 0 spiro atoms. The summed E-state index contributed by atoms with van der Waals surface area (Å²) in [5.41, 5.74) is 2.32. The van der Waals surface area contributed by atoms with Gasteiger partial charge in [0.05, 0.1) is 4.92 Å². The third-order valence-electron chi connectivity index (χ3n) is 6.11. The van der Waals surface area contributed by atoms with Gasteiger partial charge in [-0.15, -0.1) is 5.10 Å². The summed E-state index contributed by atoms with van der Waals surface area (Å²) in [6.45, 7) is 4.08. The first kappa shape index (κ1) is 23.8. The molecule has 0 saturated carbocycles. The molecule has 0 amide bonds. The van der Waals surface area contributed by atoms with Crippen molar-refractivity contribution in [2.75, 3.05) is 5.32 Å². The number of allylic oxidation sites excluding steroid dienone is 2. The molecule has 35 heavy (non-hydrogen) atoms. The molecule has 1 aliphatic heterocycles. The summed E-state index contributed by atoms with van der Waals surface area (Å²) in [4.78, 5) is 29.0. The predicted octanol–water partition coefficient (Wildman–Crippen LogP) is 6.44. The van der Waals surface area contributed by atoms with Gasteiger partial charge in [0.15, 0.2) is 5.78 Å². The molecule has 1 N–H and O–H groups in total. The number of non-ortho nitro benzene ring substituents is 1. The maximum Gasteiger partial charge on any atom is 0.269 e. The number of ketones is 1. The van der Waals surface area contributed by atoms with Crippen LogP contribution in [-0.2, 0) is 10.5 Å². The largest absolute Gasteiger partial charge is 0.328 e. The van der Waals surface area contributed by atoms with Crippen molar-refractivity contribution in [3.05, 3.63) is 85.0 Å². The molecule has 3 aromatic rings. The standard InChI is InChI=1S/C24H21Cl2N5O3S/c1-24(2)10-18-20(19(32)11-24)21(15-9-14(31(33)34)7-8-17(15)26)30-22(27-18)28-23(29-30)35-12-13-5-3-4-6-16(13)25/h3-9,21H,10-12H2,1-2H3,(H,27,28,29). The summed E-state index contributed by atoms with van der Waals surface area (Å²) in [7, 11) is 0. The third-order valence-corrected chi connectivity index (χ3v) is 7.71. The number of carbonyl (C=O) groups is 1. The molecule has 0 saturated heterocycles. The van der Waals surface area contributed by atoms with Gasteiger partial charge in [0.2, 0.25) is 11.1 Å². The Balaban J connectivity index is 1.59. The van der Waals surface area contributed by atoms with Gasteiger partial charge >= 0.3 is 0 Å². The van der Waals surface area contributed by atoms with E-state index in [2.05, 4.69) is 15.4 Å². The number of benzene rings is 2. The van der Waals surface area contributed by atoms with Crippen LogP contribution in [0.25, 0.3) is 0 Å². The maximum absolute atomic E-state index is 13.4. The Hall–Kier alpha value is -2.88. The van der Waals surface area contributed by atoms with Crippen LogP contribution in [0.4, 0.5) is 11.6 Å². The molecule has 180 valence electrons. The highest BCUT2D eigenvalue weighted by Gasteiger charge is 2.42. The highest BCUT2D eigenvalue weighted by Crippen LogP contribution is 2.47. The van der Waals surface area contributed by atoms with Crippen LogP contribution in [0.1, 0.15) is 43.9 Å². The number of aromatic nitrogens is 3. The van der Waals surface area contributed by atoms with E-state index in [-0.39, 0.29) is 16.9 Å². The first-order valence-electron chi connectivity index (χ1n) is 10.9. The lowest BCUT2D eigenvalue weighted by atomic mass is 9.73. The fraction of sp³-hybridized carbons (Fsp3) is 0.292. The minimum absolute atomic E-state index is 0.0391. The number of thioether (sulfide) groups is 1. The number of nitrogens with one attached hydrogen (secondary N) is 1. The second-order valence-corrected chi connectivity index (χ2v) is 11.1. The van der Waals surface area contributed by atoms with Crippen molar-refractivity contribution < 1.29 is 9.72 Å². The van der Waals surface area contributed by atoms with E-state index >= 15 is 0 Å². The molecule has 5 rings (SSSR count). The van der Waals surface area contributed by atoms with Crippen LogP contribution in [0.15, 0.2) is 58.9 Å². The van der Waals surface area contributed by atoms with Crippen LogP contribution in [0.5, 0.6) is 0 Å². The number of hydrogen-bond donors (Lipinski definition) is 1. The summed E-state index contributed by atoms with van der Waals surface area (Å²) >= 11 is 14.2. The van der Waals surface area contributed by atoms with Crippen molar-refractivity contribution in [3.63, 3.8) is 0 Å². The highest BCUT2D eigenvalue weighted by atomic mass is 35.5. The molecular weight excluding hydrogens is 509 g/mol. The predicted molar refractivity (Wildman–Crippen MR) is 136 cm³/mol. The Kier molecular flexibility index (Phi) is 6.11.